The number of benzene rings is 1. The number of rotatable bonds is 5. The summed E-state index contributed by atoms with van der Waals surface area (Å²) in [4.78, 5) is 16.3. The Labute approximate surface area is 198 Å². The van der Waals surface area contributed by atoms with Gasteiger partial charge in [0.1, 0.15) is 11.9 Å². The third kappa shape index (κ3) is 5.92. The van der Waals surface area contributed by atoms with Gasteiger partial charge in [0.15, 0.2) is 5.69 Å². The Balaban J connectivity index is 1.27. The van der Waals surface area contributed by atoms with Crippen LogP contribution in [-0.4, -0.2) is 77.4 Å². The van der Waals surface area contributed by atoms with Crippen molar-refractivity contribution in [3.8, 4) is 5.75 Å². The van der Waals surface area contributed by atoms with Gasteiger partial charge >= 0.3 is 6.18 Å². The number of hydrogen-bond acceptors (Lipinski definition) is 5. The summed E-state index contributed by atoms with van der Waals surface area (Å²) in [6.07, 6.45) is -2.37. The van der Waals surface area contributed by atoms with Crippen LogP contribution in [0.2, 0.25) is 10.0 Å². The highest BCUT2D eigenvalue weighted by Gasteiger charge is 2.39. The summed E-state index contributed by atoms with van der Waals surface area (Å²) < 4.78 is 51.1. The summed E-state index contributed by atoms with van der Waals surface area (Å²) in [5.74, 6) is -0.0248. The van der Waals surface area contributed by atoms with E-state index in [2.05, 4.69) is 10.00 Å². The summed E-state index contributed by atoms with van der Waals surface area (Å²) in [6.45, 7) is 2.87. The van der Waals surface area contributed by atoms with E-state index < -0.39 is 23.3 Å². The van der Waals surface area contributed by atoms with Gasteiger partial charge in [-0.3, -0.25) is 9.89 Å². The average Bonchev–Trinajstić information content (AvgIpc) is 3.28. The molecule has 2 aromatic rings. The Hall–Kier alpha value is -2.01. The molecule has 1 amide bonds. The molecule has 180 valence electrons. The largest absolute Gasteiger partial charge is 0.490 e. The van der Waals surface area contributed by atoms with Crippen molar-refractivity contribution in [3.63, 3.8) is 0 Å². The fourth-order valence-corrected chi connectivity index (χ4v) is 4.38. The van der Waals surface area contributed by atoms with Crippen molar-refractivity contribution < 1.29 is 27.4 Å². The standard InChI is InChI=1S/C21H23Cl2F3N4O3/c22-17-2-1-14(9-18(17)23)33-13-3-5-29(6-4-13)11-15-12-30(7-8-32-15)20(31)16-10-27-28-19(16)21(24,25)26/h1-2,9-10,13,15H,3-8,11-12H2,(H,27,28). The van der Waals surface area contributed by atoms with Crippen LogP contribution < -0.4 is 4.74 Å². The van der Waals surface area contributed by atoms with Crippen LogP contribution in [0, 0.1) is 0 Å². The molecule has 2 fully saturated rings. The van der Waals surface area contributed by atoms with Gasteiger partial charge in [-0.15, -0.1) is 0 Å². The van der Waals surface area contributed by atoms with Crippen LogP contribution in [0.4, 0.5) is 13.2 Å². The number of alkyl halides is 3. The lowest BCUT2D eigenvalue weighted by atomic mass is 10.1. The monoisotopic (exact) mass is 506 g/mol. The number of hydrogen-bond donors (Lipinski definition) is 1. The molecular formula is C21H23Cl2F3N4O3. The van der Waals surface area contributed by atoms with Crippen LogP contribution >= 0.6 is 23.2 Å². The first-order valence-electron chi connectivity index (χ1n) is 10.6. The summed E-state index contributed by atoms with van der Waals surface area (Å²) in [5, 5.41) is 6.20. The Bertz CT molecular complexity index is 980. The zero-order valence-electron chi connectivity index (χ0n) is 17.6. The molecule has 0 bridgehead atoms. The zero-order valence-corrected chi connectivity index (χ0v) is 19.1. The number of halogens is 5. The maximum absolute atomic E-state index is 13.1. The van der Waals surface area contributed by atoms with Crippen molar-refractivity contribution in [1.82, 2.24) is 20.0 Å². The summed E-state index contributed by atoms with van der Waals surface area (Å²) >= 11 is 12.0. The van der Waals surface area contributed by atoms with E-state index in [-0.39, 0.29) is 31.9 Å². The van der Waals surface area contributed by atoms with Crippen LogP contribution in [0.3, 0.4) is 0 Å². The summed E-state index contributed by atoms with van der Waals surface area (Å²) in [7, 11) is 0. The van der Waals surface area contributed by atoms with Crippen LogP contribution in [0.25, 0.3) is 0 Å². The molecule has 7 nitrogen and oxygen atoms in total. The Kier molecular flexibility index (Phi) is 7.37. The molecule has 33 heavy (non-hydrogen) atoms. The number of ether oxygens (including phenoxy) is 2. The van der Waals surface area contributed by atoms with E-state index in [0.29, 0.717) is 22.3 Å². The van der Waals surface area contributed by atoms with Crippen LogP contribution in [-0.2, 0) is 10.9 Å². The smallest absolute Gasteiger partial charge is 0.433 e. The SMILES string of the molecule is O=C(c1cn[nH]c1C(F)(F)F)N1CCOC(CN2CCC(Oc3ccc(Cl)c(Cl)c3)CC2)C1. The molecule has 0 spiro atoms. The minimum atomic E-state index is -4.67. The first-order valence-corrected chi connectivity index (χ1v) is 11.3. The van der Waals surface area contributed by atoms with Crippen LogP contribution in [0.1, 0.15) is 28.9 Å². The van der Waals surface area contributed by atoms with Crippen LogP contribution in [0.15, 0.2) is 24.4 Å². The number of nitrogens with zero attached hydrogens (tertiary/aromatic N) is 3. The molecule has 2 aliphatic rings. The number of likely N-dealkylation sites (tertiary alicyclic amines) is 1. The quantitative estimate of drug-likeness (QED) is 0.660. The number of carbonyl (C=O) groups excluding carboxylic acids is 1. The number of H-pyrrole nitrogens is 1. The predicted octanol–water partition coefficient (Wildman–Crippen LogP) is 4.12. The van der Waals surface area contributed by atoms with E-state index in [9.17, 15) is 18.0 Å². The lowest BCUT2D eigenvalue weighted by Gasteiger charge is -2.38. The topological polar surface area (TPSA) is 70.7 Å². The van der Waals surface area contributed by atoms with Gasteiger partial charge in [0.05, 0.1) is 34.5 Å². The second-order valence-corrected chi connectivity index (χ2v) is 8.91. The van der Waals surface area contributed by atoms with Gasteiger partial charge in [0.25, 0.3) is 5.91 Å². The number of carbonyl (C=O) groups is 1. The van der Waals surface area contributed by atoms with Gasteiger partial charge in [0.2, 0.25) is 0 Å². The maximum Gasteiger partial charge on any atom is 0.433 e. The first kappa shape index (κ1) is 24.1. The minimum Gasteiger partial charge on any atom is -0.490 e. The van der Waals surface area contributed by atoms with E-state index in [1.165, 1.54) is 4.90 Å². The highest BCUT2D eigenvalue weighted by molar-refractivity contribution is 6.42. The summed E-state index contributed by atoms with van der Waals surface area (Å²) in [6, 6.07) is 5.18. The van der Waals surface area contributed by atoms with Gasteiger partial charge in [-0.05, 0) is 25.0 Å². The second kappa shape index (κ2) is 10.1. The molecule has 0 aliphatic carbocycles. The molecule has 1 unspecified atom stereocenters. The first-order chi connectivity index (χ1) is 15.7. The van der Waals surface area contributed by atoms with E-state index in [0.717, 1.165) is 32.1 Å². The minimum absolute atomic E-state index is 0.0470. The second-order valence-electron chi connectivity index (χ2n) is 8.09. The molecule has 3 heterocycles. The molecule has 0 saturated carbocycles. The number of amides is 1. The average molecular weight is 507 g/mol. The normalized spacial score (nSPS) is 20.8. The van der Waals surface area contributed by atoms with Crippen molar-refractivity contribution in [2.45, 2.75) is 31.2 Å². The molecule has 1 atom stereocenters. The maximum atomic E-state index is 13.1. The van der Waals surface area contributed by atoms with Crippen molar-refractivity contribution in [2.24, 2.45) is 0 Å². The van der Waals surface area contributed by atoms with Crippen molar-refractivity contribution >= 4 is 29.1 Å². The van der Waals surface area contributed by atoms with Gasteiger partial charge in [-0.1, -0.05) is 23.2 Å². The zero-order chi connectivity index (χ0) is 23.6. The van der Waals surface area contributed by atoms with E-state index in [1.54, 1.807) is 18.2 Å². The summed E-state index contributed by atoms with van der Waals surface area (Å²) in [5.41, 5.74) is -1.59. The van der Waals surface area contributed by atoms with Gasteiger partial charge in [-0.2, -0.15) is 18.3 Å². The number of aromatic amines is 1. The third-order valence-electron chi connectivity index (χ3n) is 5.77. The molecule has 12 heteroatoms. The highest BCUT2D eigenvalue weighted by Crippen LogP contribution is 2.31. The molecule has 1 N–H and O–H groups in total. The van der Waals surface area contributed by atoms with Gasteiger partial charge < -0.3 is 19.3 Å². The molecule has 1 aromatic heterocycles. The lowest BCUT2D eigenvalue weighted by Crippen LogP contribution is -2.51. The fourth-order valence-electron chi connectivity index (χ4n) is 4.09. The number of nitrogens with one attached hydrogen (secondary N) is 1. The third-order valence-corrected chi connectivity index (χ3v) is 6.51. The lowest BCUT2D eigenvalue weighted by molar-refractivity contribution is -0.141. The molecule has 2 saturated heterocycles. The Morgan fingerprint density at radius 1 is 1.21 bits per heavy atom. The number of aromatic nitrogens is 2. The molecule has 2 aliphatic heterocycles. The molecule has 4 rings (SSSR count). The predicted molar refractivity (Wildman–Crippen MR) is 116 cm³/mol. The Morgan fingerprint density at radius 2 is 1.97 bits per heavy atom. The fraction of sp³-hybridized carbons (Fsp3) is 0.524. The molecule has 1 aromatic carbocycles. The molecular weight excluding hydrogens is 484 g/mol. The van der Waals surface area contributed by atoms with E-state index in [1.807, 2.05) is 5.10 Å². The van der Waals surface area contributed by atoms with Gasteiger partial charge in [0, 0.05) is 38.8 Å². The van der Waals surface area contributed by atoms with Crippen LogP contribution in [0.5, 0.6) is 5.75 Å². The number of piperidine rings is 1. The van der Waals surface area contributed by atoms with E-state index >= 15 is 0 Å². The Morgan fingerprint density at radius 3 is 2.67 bits per heavy atom. The van der Waals surface area contributed by atoms with Crippen molar-refractivity contribution in [1.29, 1.82) is 0 Å². The van der Waals surface area contributed by atoms with Crippen molar-refractivity contribution in [3.05, 3.63) is 45.7 Å². The highest BCUT2D eigenvalue weighted by atomic mass is 35.5. The van der Waals surface area contributed by atoms with Gasteiger partial charge in [-0.25, -0.2) is 0 Å². The molecule has 0 radical (unpaired) electrons. The van der Waals surface area contributed by atoms with Crippen molar-refractivity contribution in [2.75, 3.05) is 39.3 Å². The van der Waals surface area contributed by atoms with E-state index in [4.69, 9.17) is 32.7 Å². The number of morpholine rings is 1.